The van der Waals surface area contributed by atoms with E-state index in [0.717, 1.165) is 23.2 Å². The second kappa shape index (κ2) is 8.18. The standard InChI is InChI=1S/C16H24ClNS/c1-2-18-15(12-19-16-8-3-4-9-16)11-13-6-5-7-14(17)10-13/h5-7,10,15-16,18H,2-4,8-9,11-12H2,1H3. The molecule has 0 aromatic heterocycles. The number of rotatable bonds is 7. The normalized spacial score (nSPS) is 17.8. The second-order valence-electron chi connectivity index (χ2n) is 5.33. The maximum atomic E-state index is 6.06. The summed E-state index contributed by atoms with van der Waals surface area (Å²) in [7, 11) is 0. The summed E-state index contributed by atoms with van der Waals surface area (Å²) in [6.45, 7) is 3.22. The predicted molar refractivity (Wildman–Crippen MR) is 87.3 cm³/mol. The molecule has 1 aromatic carbocycles. The smallest absolute Gasteiger partial charge is 0.0408 e. The molecule has 0 heterocycles. The van der Waals surface area contributed by atoms with Crippen LogP contribution in [0, 0.1) is 0 Å². The summed E-state index contributed by atoms with van der Waals surface area (Å²) >= 11 is 8.22. The summed E-state index contributed by atoms with van der Waals surface area (Å²) in [6, 6.07) is 8.82. The molecule has 1 saturated carbocycles. The Balaban J connectivity index is 1.84. The minimum absolute atomic E-state index is 0.564. The van der Waals surface area contributed by atoms with Crippen molar-refractivity contribution in [3.8, 4) is 0 Å². The first kappa shape index (κ1) is 15.2. The van der Waals surface area contributed by atoms with Gasteiger partial charge in [0.05, 0.1) is 0 Å². The molecule has 2 rings (SSSR count). The fourth-order valence-corrected chi connectivity index (χ4v) is 4.35. The van der Waals surface area contributed by atoms with Crippen LogP contribution in [-0.2, 0) is 6.42 Å². The summed E-state index contributed by atoms with van der Waals surface area (Å²) in [5, 5.41) is 5.36. The van der Waals surface area contributed by atoms with Crippen molar-refractivity contribution in [2.75, 3.05) is 12.3 Å². The molecule has 0 bridgehead atoms. The lowest BCUT2D eigenvalue weighted by Crippen LogP contribution is -2.33. The summed E-state index contributed by atoms with van der Waals surface area (Å²) < 4.78 is 0. The zero-order valence-electron chi connectivity index (χ0n) is 11.7. The van der Waals surface area contributed by atoms with Gasteiger partial charge >= 0.3 is 0 Å². The Labute approximate surface area is 126 Å². The van der Waals surface area contributed by atoms with Gasteiger partial charge in [-0.15, -0.1) is 0 Å². The van der Waals surface area contributed by atoms with E-state index in [4.69, 9.17) is 11.6 Å². The Bertz CT molecular complexity index is 377. The molecule has 0 saturated heterocycles. The van der Waals surface area contributed by atoms with Crippen LogP contribution in [0.1, 0.15) is 38.2 Å². The van der Waals surface area contributed by atoms with Crippen molar-refractivity contribution in [1.82, 2.24) is 5.32 Å². The van der Waals surface area contributed by atoms with Gasteiger partial charge in [0.25, 0.3) is 0 Å². The molecule has 1 aliphatic carbocycles. The molecule has 3 heteroatoms. The molecule has 1 N–H and O–H groups in total. The van der Waals surface area contributed by atoms with E-state index in [0.29, 0.717) is 6.04 Å². The Kier molecular flexibility index (Phi) is 6.55. The SMILES string of the molecule is CCNC(CSC1CCCC1)Cc1cccc(Cl)c1. The van der Waals surface area contributed by atoms with Crippen LogP contribution in [0.2, 0.25) is 5.02 Å². The predicted octanol–water partition coefficient (Wildman–Crippen LogP) is 4.54. The van der Waals surface area contributed by atoms with E-state index in [1.807, 2.05) is 12.1 Å². The largest absolute Gasteiger partial charge is 0.313 e. The average molecular weight is 298 g/mol. The molecule has 19 heavy (non-hydrogen) atoms. The van der Waals surface area contributed by atoms with Crippen molar-refractivity contribution >= 4 is 23.4 Å². The van der Waals surface area contributed by atoms with Crippen LogP contribution >= 0.6 is 23.4 Å². The molecule has 1 atom stereocenters. The van der Waals surface area contributed by atoms with Gasteiger partial charge in [0.2, 0.25) is 0 Å². The maximum Gasteiger partial charge on any atom is 0.0408 e. The number of hydrogen-bond acceptors (Lipinski definition) is 2. The molecule has 0 amide bonds. The highest BCUT2D eigenvalue weighted by atomic mass is 35.5. The van der Waals surface area contributed by atoms with Crippen LogP contribution in [0.3, 0.4) is 0 Å². The number of halogens is 1. The van der Waals surface area contributed by atoms with E-state index < -0.39 is 0 Å². The third-order valence-electron chi connectivity index (χ3n) is 3.70. The molecule has 1 aromatic rings. The zero-order valence-corrected chi connectivity index (χ0v) is 13.3. The monoisotopic (exact) mass is 297 g/mol. The number of thioether (sulfide) groups is 1. The lowest BCUT2D eigenvalue weighted by atomic mass is 10.1. The topological polar surface area (TPSA) is 12.0 Å². The Morgan fingerprint density at radius 2 is 2.16 bits per heavy atom. The van der Waals surface area contributed by atoms with Gasteiger partial charge in [0.1, 0.15) is 0 Å². The van der Waals surface area contributed by atoms with Gasteiger partial charge in [0.15, 0.2) is 0 Å². The zero-order chi connectivity index (χ0) is 13.5. The minimum Gasteiger partial charge on any atom is -0.313 e. The van der Waals surface area contributed by atoms with E-state index in [1.54, 1.807) is 0 Å². The molecule has 0 radical (unpaired) electrons. The molecule has 1 nitrogen and oxygen atoms in total. The molecule has 1 aliphatic rings. The molecular weight excluding hydrogens is 274 g/mol. The molecule has 1 fully saturated rings. The number of likely N-dealkylation sites (N-methyl/N-ethyl adjacent to an activating group) is 1. The van der Waals surface area contributed by atoms with Crippen LogP contribution in [0.15, 0.2) is 24.3 Å². The van der Waals surface area contributed by atoms with Crippen LogP contribution in [0.4, 0.5) is 0 Å². The van der Waals surface area contributed by atoms with Crippen LogP contribution in [0.5, 0.6) is 0 Å². The number of hydrogen-bond donors (Lipinski definition) is 1. The molecular formula is C16H24ClNS. The fourth-order valence-electron chi connectivity index (χ4n) is 2.73. The maximum absolute atomic E-state index is 6.06. The molecule has 1 unspecified atom stereocenters. The third kappa shape index (κ3) is 5.37. The molecule has 0 spiro atoms. The van der Waals surface area contributed by atoms with Crippen molar-refractivity contribution < 1.29 is 0 Å². The quantitative estimate of drug-likeness (QED) is 0.793. The van der Waals surface area contributed by atoms with Crippen molar-refractivity contribution in [2.24, 2.45) is 0 Å². The third-order valence-corrected chi connectivity index (χ3v) is 5.47. The van der Waals surface area contributed by atoms with Gasteiger partial charge in [-0.25, -0.2) is 0 Å². The lowest BCUT2D eigenvalue weighted by molar-refractivity contribution is 0.572. The molecule has 0 aliphatic heterocycles. The van der Waals surface area contributed by atoms with E-state index in [2.05, 4.69) is 36.1 Å². The van der Waals surface area contributed by atoms with Gasteiger partial charge in [-0.2, -0.15) is 11.8 Å². The number of benzene rings is 1. The highest BCUT2D eigenvalue weighted by Crippen LogP contribution is 2.30. The van der Waals surface area contributed by atoms with Crippen molar-refractivity contribution in [2.45, 2.75) is 50.3 Å². The Morgan fingerprint density at radius 1 is 1.37 bits per heavy atom. The van der Waals surface area contributed by atoms with E-state index >= 15 is 0 Å². The van der Waals surface area contributed by atoms with Crippen molar-refractivity contribution in [3.63, 3.8) is 0 Å². The Morgan fingerprint density at radius 3 is 2.84 bits per heavy atom. The first-order valence-electron chi connectivity index (χ1n) is 7.37. The molecule has 106 valence electrons. The summed E-state index contributed by atoms with van der Waals surface area (Å²) in [6.07, 6.45) is 6.77. The summed E-state index contributed by atoms with van der Waals surface area (Å²) in [5.74, 6) is 1.21. The minimum atomic E-state index is 0.564. The van der Waals surface area contributed by atoms with Crippen molar-refractivity contribution in [1.29, 1.82) is 0 Å². The first-order chi connectivity index (χ1) is 9.28. The second-order valence-corrected chi connectivity index (χ2v) is 7.10. The fraction of sp³-hybridized carbons (Fsp3) is 0.625. The van der Waals surface area contributed by atoms with Crippen LogP contribution in [-0.4, -0.2) is 23.6 Å². The van der Waals surface area contributed by atoms with Crippen LogP contribution in [0.25, 0.3) is 0 Å². The van der Waals surface area contributed by atoms with Gasteiger partial charge in [-0.1, -0.05) is 43.5 Å². The van der Waals surface area contributed by atoms with Gasteiger partial charge in [0, 0.05) is 22.1 Å². The summed E-state index contributed by atoms with van der Waals surface area (Å²) in [5.41, 5.74) is 1.34. The first-order valence-corrected chi connectivity index (χ1v) is 8.80. The van der Waals surface area contributed by atoms with Gasteiger partial charge in [-0.05, 0) is 43.5 Å². The average Bonchev–Trinajstić information content (AvgIpc) is 2.89. The van der Waals surface area contributed by atoms with E-state index in [9.17, 15) is 0 Å². The van der Waals surface area contributed by atoms with Gasteiger partial charge < -0.3 is 5.32 Å². The van der Waals surface area contributed by atoms with Gasteiger partial charge in [-0.3, -0.25) is 0 Å². The van der Waals surface area contributed by atoms with E-state index in [-0.39, 0.29) is 0 Å². The highest BCUT2D eigenvalue weighted by molar-refractivity contribution is 7.99. The Hall–Kier alpha value is -0.180. The van der Waals surface area contributed by atoms with E-state index in [1.165, 1.54) is 37.0 Å². The van der Waals surface area contributed by atoms with Crippen LogP contribution < -0.4 is 5.32 Å². The lowest BCUT2D eigenvalue weighted by Gasteiger charge is -2.20. The summed E-state index contributed by atoms with van der Waals surface area (Å²) in [4.78, 5) is 0. The highest BCUT2D eigenvalue weighted by Gasteiger charge is 2.17. The number of nitrogens with one attached hydrogen (secondary N) is 1. The van der Waals surface area contributed by atoms with Crippen molar-refractivity contribution in [3.05, 3.63) is 34.9 Å².